The maximum absolute atomic E-state index is 10.0. The van der Waals surface area contributed by atoms with E-state index in [2.05, 4.69) is 22.6 Å². The van der Waals surface area contributed by atoms with Crippen LogP contribution in [0.1, 0.15) is 13.3 Å². The summed E-state index contributed by atoms with van der Waals surface area (Å²) in [5, 5.41) is 0. The zero-order valence-electron chi connectivity index (χ0n) is 4.56. The fourth-order valence-electron chi connectivity index (χ4n) is 0.277. The molecule has 0 aromatic carbocycles. The van der Waals surface area contributed by atoms with Gasteiger partial charge in [-0.05, 0) is 0 Å². The lowest BCUT2D eigenvalue weighted by molar-refractivity contribution is -0.117. The van der Waals surface area contributed by atoms with Crippen LogP contribution in [0.15, 0.2) is 0 Å². The van der Waals surface area contributed by atoms with Crippen molar-refractivity contribution < 1.29 is 4.79 Å². The fourth-order valence-corrected chi connectivity index (χ4v) is 0.711. The molecule has 0 aliphatic heterocycles. The minimum absolute atomic E-state index is 0. The third kappa shape index (κ3) is 9.70. The number of primary amides is 1. The Balaban J connectivity index is 0. The molecule has 0 bridgehead atoms. The highest BCUT2D eigenvalue weighted by Crippen LogP contribution is 2.01. The third-order valence-electron chi connectivity index (χ3n) is 0.482. The molecule has 50 valence electrons. The van der Waals surface area contributed by atoms with Gasteiger partial charge in [-0.1, -0.05) is 29.5 Å². The second-order valence-electron chi connectivity index (χ2n) is 1.45. The van der Waals surface area contributed by atoms with Gasteiger partial charge in [-0.3, -0.25) is 4.79 Å². The number of alkyl halides is 1. The topological polar surface area (TPSA) is 43.1 Å². The molecule has 8 heavy (non-hydrogen) atoms. The molecule has 0 saturated heterocycles. The van der Waals surface area contributed by atoms with Crippen molar-refractivity contribution >= 4 is 40.9 Å². The molecule has 4 heteroatoms. The van der Waals surface area contributed by atoms with E-state index in [1.54, 1.807) is 0 Å². The van der Waals surface area contributed by atoms with Crippen molar-refractivity contribution in [2.75, 3.05) is 0 Å². The summed E-state index contributed by atoms with van der Waals surface area (Å²) in [5.41, 5.74) is 4.85. The molecule has 0 aliphatic rings. The average Bonchev–Trinajstić information content (AvgIpc) is 1.27. The lowest BCUT2D eigenvalue weighted by Crippen LogP contribution is -2.13. The number of nitrogens with two attached hydrogens (primary N) is 1. The Bertz CT molecular complexity index is 76.4. The van der Waals surface area contributed by atoms with E-state index in [9.17, 15) is 4.79 Å². The second-order valence-corrected chi connectivity index (χ2v) is 3.58. The third-order valence-corrected chi connectivity index (χ3v) is 0.923. The molecule has 0 aliphatic carbocycles. The van der Waals surface area contributed by atoms with Gasteiger partial charge in [0.05, 0.1) is 0 Å². The monoisotopic (exact) mass is 249 g/mol. The molecule has 0 heterocycles. The summed E-state index contributed by atoms with van der Waals surface area (Å²) in [6.45, 7) is 1.95. The molecule has 2 N–H and O–H groups in total. The first-order valence-corrected chi connectivity index (χ1v) is 3.30. The lowest BCUT2D eigenvalue weighted by Gasteiger charge is -1.93. The highest BCUT2D eigenvalue weighted by molar-refractivity contribution is 14.1. The number of hydrogen-bond acceptors (Lipinski definition) is 1. The van der Waals surface area contributed by atoms with Gasteiger partial charge in [0.15, 0.2) is 0 Å². The minimum Gasteiger partial charge on any atom is -0.370 e. The summed E-state index contributed by atoms with van der Waals surface area (Å²) in [7, 11) is 0. The van der Waals surface area contributed by atoms with E-state index in [1.165, 1.54) is 0 Å². The van der Waals surface area contributed by atoms with Crippen molar-refractivity contribution in [1.29, 1.82) is 0 Å². The first-order chi connectivity index (χ1) is 3.13. The molecule has 1 atom stereocenters. The molecule has 0 radical (unpaired) electrons. The zero-order valence-corrected chi connectivity index (χ0v) is 7.53. The molecule has 0 spiro atoms. The highest BCUT2D eigenvalue weighted by atomic mass is 127. The average molecular weight is 249 g/mol. The summed E-state index contributed by atoms with van der Waals surface area (Å²) in [6, 6.07) is 0. The Hall–Kier alpha value is 0.490. The van der Waals surface area contributed by atoms with Gasteiger partial charge in [-0.2, -0.15) is 0 Å². The molecule has 0 aromatic heterocycles. The molecule has 0 saturated carbocycles. The van der Waals surface area contributed by atoms with Crippen LogP contribution in [0.3, 0.4) is 0 Å². The highest BCUT2D eigenvalue weighted by Gasteiger charge is 1.97. The smallest absolute Gasteiger partial charge is 0.218 e. The Morgan fingerprint density at radius 1 is 1.88 bits per heavy atom. The van der Waals surface area contributed by atoms with Crippen LogP contribution in [0.2, 0.25) is 0 Å². The van der Waals surface area contributed by atoms with Crippen LogP contribution in [0, 0.1) is 0 Å². The van der Waals surface area contributed by atoms with E-state index in [1.807, 2.05) is 6.92 Å². The number of hydrogen-bond donors (Lipinski definition) is 1. The number of amides is 1. The second kappa shape index (κ2) is 5.62. The Labute approximate surface area is 68.8 Å². The quantitative estimate of drug-likeness (QED) is 0.578. The number of carbonyl (C=O) groups excluding carboxylic acids is 1. The van der Waals surface area contributed by atoms with Crippen molar-refractivity contribution in [3.8, 4) is 0 Å². The molecule has 2 nitrogen and oxygen atoms in total. The molecule has 0 fully saturated rings. The van der Waals surface area contributed by atoms with Gasteiger partial charge in [-0.25, -0.2) is 0 Å². The minimum atomic E-state index is -0.220. The van der Waals surface area contributed by atoms with Crippen LogP contribution >= 0.6 is 35.0 Å². The van der Waals surface area contributed by atoms with Crippen molar-refractivity contribution in [2.45, 2.75) is 17.3 Å². The van der Waals surface area contributed by atoms with E-state index in [0.29, 0.717) is 10.3 Å². The number of rotatable bonds is 2. The Kier molecular flexibility index (Phi) is 7.95. The van der Waals surface area contributed by atoms with E-state index >= 15 is 0 Å². The van der Waals surface area contributed by atoms with E-state index in [4.69, 9.17) is 5.73 Å². The van der Waals surface area contributed by atoms with Crippen molar-refractivity contribution in [3.05, 3.63) is 0 Å². The zero-order chi connectivity index (χ0) is 5.86. The van der Waals surface area contributed by atoms with Crippen LogP contribution < -0.4 is 5.73 Å². The maximum Gasteiger partial charge on any atom is 0.218 e. The van der Waals surface area contributed by atoms with Crippen molar-refractivity contribution in [1.82, 2.24) is 0 Å². The van der Waals surface area contributed by atoms with Crippen molar-refractivity contribution in [2.24, 2.45) is 5.73 Å². The maximum atomic E-state index is 10.0. The lowest BCUT2D eigenvalue weighted by atomic mass is 10.3. The summed E-state index contributed by atoms with van der Waals surface area (Å²) >= 11 is 2.16. The van der Waals surface area contributed by atoms with Crippen molar-refractivity contribution in [3.63, 3.8) is 0 Å². The summed E-state index contributed by atoms with van der Waals surface area (Å²) in [4.78, 5) is 10.0. The van der Waals surface area contributed by atoms with E-state index in [-0.39, 0.29) is 18.3 Å². The van der Waals surface area contributed by atoms with Crippen LogP contribution in [0.25, 0.3) is 0 Å². The first kappa shape index (κ1) is 11.3. The standard InChI is InChI=1S/C4H8INO.ClH/c1-3(5)2-4(6)7;/h3H,2H2,1H3,(H2,6,7);1H. The van der Waals surface area contributed by atoms with Gasteiger partial charge in [0.2, 0.25) is 5.91 Å². The molecule has 1 amide bonds. The molecule has 1 unspecified atom stereocenters. The summed E-state index contributed by atoms with van der Waals surface area (Å²) in [5.74, 6) is -0.220. The summed E-state index contributed by atoms with van der Waals surface area (Å²) < 4.78 is 0.370. The van der Waals surface area contributed by atoms with Crippen LogP contribution in [0.4, 0.5) is 0 Å². The molecule has 0 rings (SSSR count). The largest absolute Gasteiger partial charge is 0.370 e. The van der Waals surface area contributed by atoms with Gasteiger partial charge >= 0.3 is 0 Å². The molecule has 0 aromatic rings. The Morgan fingerprint density at radius 2 is 2.25 bits per heavy atom. The van der Waals surface area contributed by atoms with Crippen LogP contribution in [-0.4, -0.2) is 9.83 Å². The molecular formula is C4H9ClINO. The summed E-state index contributed by atoms with van der Waals surface area (Å²) in [6.07, 6.45) is 0.487. The fraction of sp³-hybridized carbons (Fsp3) is 0.750. The predicted molar refractivity (Wildman–Crippen MR) is 44.5 cm³/mol. The van der Waals surface area contributed by atoms with Gasteiger partial charge in [0.25, 0.3) is 0 Å². The van der Waals surface area contributed by atoms with Gasteiger partial charge < -0.3 is 5.73 Å². The first-order valence-electron chi connectivity index (χ1n) is 2.05. The Morgan fingerprint density at radius 3 is 2.25 bits per heavy atom. The van der Waals surface area contributed by atoms with E-state index in [0.717, 1.165) is 0 Å². The van der Waals surface area contributed by atoms with Crippen LogP contribution in [-0.2, 0) is 4.79 Å². The predicted octanol–water partition coefficient (Wildman–Crippen LogP) is 1.11. The number of carbonyl (C=O) groups is 1. The number of halogens is 2. The van der Waals surface area contributed by atoms with Gasteiger partial charge in [0.1, 0.15) is 0 Å². The van der Waals surface area contributed by atoms with Gasteiger partial charge in [-0.15, -0.1) is 12.4 Å². The van der Waals surface area contributed by atoms with Gasteiger partial charge in [0, 0.05) is 10.3 Å². The van der Waals surface area contributed by atoms with E-state index < -0.39 is 0 Å². The molecular weight excluding hydrogens is 240 g/mol. The van der Waals surface area contributed by atoms with Crippen LogP contribution in [0.5, 0.6) is 0 Å². The normalized spacial score (nSPS) is 11.8. The SMILES string of the molecule is CC(I)CC(N)=O.Cl.